The van der Waals surface area contributed by atoms with Gasteiger partial charge in [-0.2, -0.15) is 4.91 Å². The standard InChI is InChI=1S/C18H35NO4/c1-5-6-7-13-18(4,22)14-9-12-17(3,19-23)11-8-10-15(2)16(20)21/h15,22H,5-14H2,1-4H3,(H,20,21). The third-order valence-electron chi connectivity index (χ3n) is 4.74. The van der Waals surface area contributed by atoms with Crippen LogP contribution in [-0.2, 0) is 4.79 Å². The Bertz CT molecular complexity index is 357. The maximum atomic E-state index is 11.2. The van der Waals surface area contributed by atoms with Crippen LogP contribution < -0.4 is 0 Å². The lowest BCUT2D eigenvalue weighted by Crippen LogP contribution is -2.27. The Morgan fingerprint density at radius 2 is 1.61 bits per heavy atom. The minimum atomic E-state index is -0.797. The SMILES string of the molecule is CCCCCC(C)(O)CCCC(C)(CCCC(C)C(=O)O)N=O. The zero-order valence-corrected chi connectivity index (χ0v) is 15.3. The Morgan fingerprint density at radius 1 is 1.04 bits per heavy atom. The van der Waals surface area contributed by atoms with Crippen LogP contribution in [0, 0.1) is 10.8 Å². The number of nitroso groups, excluding NO2 is 1. The van der Waals surface area contributed by atoms with Gasteiger partial charge >= 0.3 is 5.97 Å². The summed E-state index contributed by atoms with van der Waals surface area (Å²) in [6.45, 7) is 7.52. The molecule has 0 saturated carbocycles. The van der Waals surface area contributed by atoms with Crippen LogP contribution in [0.4, 0.5) is 0 Å². The molecule has 2 N–H and O–H groups in total. The van der Waals surface area contributed by atoms with E-state index in [1.54, 1.807) is 6.92 Å². The van der Waals surface area contributed by atoms with Gasteiger partial charge in [-0.05, 0) is 52.4 Å². The van der Waals surface area contributed by atoms with Crippen LogP contribution in [0.5, 0.6) is 0 Å². The van der Waals surface area contributed by atoms with Crippen LogP contribution in [0.25, 0.3) is 0 Å². The first-order valence-electron chi connectivity index (χ1n) is 8.95. The highest BCUT2D eigenvalue weighted by molar-refractivity contribution is 5.69. The van der Waals surface area contributed by atoms with E-state index < -0.39 is 17.1 Å². The summed E-state index contributed by atoms with van der Waals surface area (Å²) in [6.07, 6.45) is 8.01. The van der Waals surface area contributed by atoms with E-state index in [1.165, 1.54) is 0 Å². The van der Waals surface area contributed by atoms with Crippen molar-refractivity contribution in [3.8, 4) is 0 Å². The molecule has 0 aliphatic carbocycles. The molecule has 0 fully saturated rings. The van der Waals surface area contributed by atoms with E-state index in [1.807, 2.05) is 13.8 Å². The summed E-state index contributed by atoms with van der Waals surface area (Å²) < 4.78 is 0. The molecule has 0 amide bonds. The third kappa shape index (κ3) is 10.4. The minimum Gasteiger partial charge on any atom is -0.481 e. The lowest BCUT2D eigenvalue weighted by molar-refractivity contribution is -0.141. The molecule has 0 aromatic rings. The van der Waals surface area contributed by atoms with Crippen LogP contribution in [0.2, 0.25) is 0 Å². The van der Waals surface area contributed by atoms with E-state index in [-0.39, 0.29) is 5.92 Å². The summed E-state index contributed by atoms with van der Waals surface area (Å²) in [7, 11) is 0. The van der Waals surface area contributed by atoms with Gasteiger partial charge in [0.05, 0.1) is 17.1 Å². The average Bonchev–Trinajstić information content (AvgIpc) is 2.46. The molecule has 0 aromatic carbocycles. The monoisotopic (exact) mass is 329 g/mol. The number of aliphatic hydroxyl groups is 1. The smallest absolute Gasteiger partial charge is 0.306 e. The number of carbonyl (C=O) groups is 1. The zero-order chi connectivity index (χ0) is 17.9. The number of hydrogen-bond acceptors (Lipinski definition) is 4. The second-order valence-corrected chi connectivity index (χ2v) is 7.53. The topological polar surface area (TPSA) is 87.0 Å². The first kappa shape index (κ1) is 22.0. The summed E-state index contributed by atoms with van der Waals surface area (Å²) >= 11 is 0. The second-order valence-electron chi connectivity index (χ2n) is 7.53. The molecule has 0 spiro atoms. The van der Waals surface area contributed by atoms with E-state index in [4.69, 9.17) is 5.11 Å². The summed E-state index contributed by atoms with van der Waals surface area (Å²) in [5.74, 6) is -1.18. The molecule has 0 aliphatic rings. The van der Waals surface area contributed by atoms with Crippen molar-refractivity contribution in [1.82, 2.24) is 0 Å². The van der Waals surface area contributed by atoms with Crippen molar-refractivity contribution in [3.63, 3.8) is 0 Å². The molecule has 0 bridgehead atoms. The number of aliphatic carboxylic acids is 1. The summed E-state index contributed by atoms with van der Waals surface area (Å²) in [6, 6.07) is 0. The van der Waals surface area contributed by atoms with Crippen molar-refractivity contribution in [2.24, 2.45) is 11.1 Å². The van der Waals surface area contributed by atoms with E-state index in [0.29, 0.717) is 32.1 Å². The van der Waals surface area contributed by atoms with Gasteiger partial charge in [-0.25, -0.2) is 0 Å². The number of carboxylic acids is 1. The lowest BCUT2D eigenvalue weighted by atomic mass is 9.85. The lowest BCUT2D eigenvalue weighted by Gasteiger charge is -2.26. The quantitative estimate of drug-likeness (QED) is 0.350. The molecule has 0 aromatic heterocycles. The number of carboxylic acid groups (broad SMARTS) is 1. The van der Waals surface area contributed by atoms with Gasteiger partial charge in [-0.1, -0.05) is 44.7 Å². The number of unbranched alkanes of at least 4 members (excludes halogenated alkanes) is 2. The number of hydrogen-bond donors (Lipinski definition) is 2. The maximum Gasteiger partial charge on any atom is 0.306 e. The van der Waals surface area contributed by atoms with Gasteiger partial charge < -0.3 is 10.2 Å². The van der Waals surface area contributed by atoms with Crippen molar-refractivity contribution in [1.29, 1.82) is 0 Å². The van der Waals surface area contributed by atoms with Gasteiger partial charge in [0.2, 0.25) is 0 Å². The second kappa shape index (κ2) is 10.7. The summed E-state index contributed by atoms with van der Waals surface area (Å²) in [4.78, 5) is 22.0. The van der Waals surface area contributed by atoms with Crippen LogP contribution in [-0.4, -0.2) is 27.3 Å². The van der Waals surface area contributed by atoms with Gasteiger partial charge in [-0.15, -0.1) is 0 Å². The van der Waals surface area contributed by atoms with Crippen LogP contribution in [0.3, 0.4) is 0 Å². The summed E-state index contributed by atoms with van der Waals surface area (Å²) in [5, 5.41) is 22.5. The summed E-state index contributed by atoms with van der Waals surface area (Å²) in [5.41, 5.74) is -1.32. The molecule has 0 heterocycles. The highest BCUT2D eigenvalue weighted by Gasteiger charge is 2.27. The average molecular weight is 329 g/mol. The van der Waals surface area contributed by atoms with E-state index in [0.717, 1.165) is 32.1 Å². The predicted molar refractivity (Wildman–Crippen MR) is 93.5 cm³/mol. The molecular formula is C18H35NO4. The fraction of sp³-hybridized carbons (Fsp3) is 0.944. The van der Waals surface area contributed by atoms with Gasteiger partial charge in [0.15, 0.2) is 0 Å². The van der Waals surface area contributed by atoms with Crippen molar-refractivity contribution >= 4 is 5.97 Å². The fourth-order valence-corrected chi connectivity index (χ4v) is 2.86. The van der Waals surface area contributed by atoms with Gasteiger partial charge in [0.25, 0.3) is 0 Å². The van der Waals surface area contributed by atoms with Gasteiger partial charge in [0.1, 0.15) is 0 Å². The number of nitrogens with zero attached hydrogens (tertiary/aromatic N) is 1. The van der Waals surface area contributed by atoms with E-state index >= 15 is 0 Å². The largest absolute Gasteiger partial charge is 0.481 e. The molecule has 23 heavy (non-hydrogen) atoms. The predicted octanol–water partition coefficient (Wildman–Crippen LogP) is 4.90. The normalized spacial score (nSPS) is 18.0. The van der Waals surface area contributed by atoms with E-state index in [9.17, 15) is 14.8 Å². The van der Waals surface area contributed by atoms with Gasteiger partial charge in [-0.3, -0.25) is 4.79 Å². The van der Waals surface area contributed by atoms with Crippen molar-refractivity contribution in [3.05, 3.63) is 4.91 Å². The van der Waals surface area contributed by atoms with Crippen LogP contribution >= 0.6 is 0 Å². The zero-order valence-electron chi connectivity index (χ0n) is 15.3. The first-order chi connectivity index (χ1) is 10.7. The Kier molecular flexibility index (Phi) is 10.3. The molecule has 0 rings (SSSR count). The first-order valence-corrected chi connectivity index (χ1v) is 8.95. The Balaban J connectivity index is 4.15. The van der Waals surface area contributed by atoms with Crippen LogP contribution in [0.1, 0.15) is 91.9 Å². The molecule has 136 valence electrons. The number of rotatable bonds is 14. The maximum absolute atomic E-state index is 11.2. The molecule has 0 saturated heterocycles. The Morgan fingerprint density at radius 3 is 2.13 bits per heavy atom. The van der Waals surface area contributed by atoms with Crippen molar-refractivity contribution < 1.29 is 15.0 Å². The van der Waals surface area contributed by atoms with E-state index in [2.05, 4.69) is 12.1 Å². The van der Waals surface area contributed by atoms with Crippen molar-refractivity contribution in [2.45, 2.75) is 103 Å². The molecule has 5 nitrogen and oxygen atoms in total. The van der Waals surface area contributed by atoms with Gasteiger partial charge in [0, 0.05) is 0 Å². The fourth-order valence-electron chi connectivity index (χ4n) is 2.86. The third-order valence-corrected chi connectivity index (χ3v) is 4.74. The van der Waals surface area contributed by atoms with Crippen molar-refractivity contribution in [2.75, 3.05) is 0 Å². The Hall–Kier alpha value is -0.970. The van der Waals surface area contributed by atoms with Crippen LogP contribution in [0.15, 0.2) is 5.18 Å². The molecule has 5 heteroatoms. The highest BCUT2D eigenvalue weighted by Crippen LogP contribution is 2.29. The Labute approximate surface area is 140 Å². The molecule has 0 aliphatic heterocycles. The minimum absolute atomic E-state index is 0.384. The molecule has 0 radical (unpaired) electrons. The molecule has 3 atom stereocenters. The highest BCUT2D eigenvalue weighted by atomic mass is 16.4. The molecule has 3 unspecified atom stereocenters. The molecular weight excluding hydrogens is 294 g/mol.